The smallest absolute Gasteiger partial charge is 0.267 e. The average molecular weight is 572 g/mol. The molecule has 0 aliphatic heterocycles. The molecule has 0 aliphatic carbocycles. The number of hydrogen-bond donors (Lipinski definition) is 2. The zero-order valence-corrected chi connectivity index (χ0v) is 22.1. The van der Waals surface area contributed by atoms with Gasteiger partial charge in [-0.05, 0) is 37.3 Å². The molecule has 0 saturated heterocycles. The number of rotatable bonds is 7. The first-order valence-electron chi connectivity index (χ1n) is 11.2. The Morgan fingerprint density at radius 1 is 1.10 bits per heavy atom. The Bertz CT molecular complexity index is 1730. The van der Waals surface area contributed by atoms with Crippen LogP contribution in [0.15, 0.2) is 59.8 Å². The first kappa shape index (κ1) is 27.6. The first-order valence-corrected chi connectivity index (χ1v) is 13.1. The highest BCUT2D eigenvalue weighted by Crippen LogP contribution is 2.29. The van der Waals surface area contributed by atoms with E-state index in [-0.39, 0.29) is 22.4 Å². The van der Waals surface area contributed by atoms with E-state index in [1.165, 1.54) is 19.5 Å². The molecular weight excluding hydrogens is 552 g/mol. The number of anilines is 2. The van der Waals surface area contributed by atoms with Gasteiger partial charge in [0.1, 0.15) is 11.6 Å². The first-order chi connectivity index (χ1) is 18.6. The molecule has 0 radical (unpaired) electrons. The van der Waals surface area contributed by atoms with Crippen LogP contribution >= 0.6 is 11.6 Å². The van der Waals surface area contributed by atoms with Crippen molar-refractivity contribution in [1.29, 1.82) is 0 Å². The monoisotopic (exact) mass is 571 g/mol. The highest BCUT2D eigenvalue weighted by Gasteiger charge is 2.24. The summed E-state index contributed by atoms with van der Waals surface area (Å²) < 4.78 is 68.4. The number of nitrogens with one attached hydrogen (secondary N) is 1. The largest absolute Gasteiger partial charge is 0.494 e. The minimum Gasteiger partial charge on any atom is -0.494 e. The lowest BCUT2D eigenvalue weighted by atomic mass is 10.1. The number of ether oxygens (including phenoxy) is 2. The fraction of sp³-hybridized carbons (Fsp3) is 0.115. The van der Waals surface area contributed by atoms with Gasteiger partial charge in [0.25, 0.3) is 10.0 Å². The molecule has 9 nitrogen and oxygen atoms in total. The Morgan fingerprint density at radius 3 is 2.64 bits per heavy atom. The van der Waals surface area contributed by atoms with Crippen LogP contribution in [0.3, 0.4) is 0 Å². The van der Waals surface area contributed by atoms with Gasteiger partial charge in [-0.3, -0.25) is 4.72 Å². The molecule has 0 unspecified atom stereocenters. The lowest BCUT2D eigenvalue weighted by Crippen LogP contribution is -2.16. The summed E-state index contributed by atoms with van der Waals surface area (Å²) in [6, 6.07) is 9.85. The summed E-state index contributed by atoms with van der Waals surface area (Å²) in [5.74, 6) is 3.11. The fourth-order valence-corrected chi connectivity index (χ4v) is 4.86. The molecule has 4 rings (SSSR count). The van der Waals surface area contributed by atoms with E-state index in [9.17, 15) is 12.8 Å². The maximum atomic E-state index is 15.4. The van der Waals surface area contributed by atoms with Gasteiger partial charge in [0.2, 0.25) is 11.8 Å². The number of nitrogen functional groups attached to an aromatic ring is 1. The standard InChI is InChI=1S/C26H20ClF2N5O4S/c1-3-38-18-6-4-5-15(11-18)24-16(13-32-26(30)33-24)7-8-19-20(28)9-10-21(23(19)29)34-39(35,36)22-12-17(27)14-31-25(22)37-2/h4-6,9-14,34H,3H2,1-2H3,(H2,30,32,33). The van der Waals surface area contributed by atoms with Gasteiger partial charge in [0.05, 0.1) is 41.2 Å². The second-order valence-electron chi connectivity index (χ2n) is 7.75. The van der Waals surface area contributed by atoms with Crippen LogP contribution in [0.5, 0.6) is 11.6 Å². The maximum absolute atomic E-state index is 15.4. The van der Waals surface area contributed by atoms with E-state index in [4.69, 9.17) is 26.8 Å². The van der Waals surface area contributed by atoms with E-state index in [0.29, 0.717) is 23.6 Å². The van der Waals surface area contributed by atoms with Crippen molar-refractivity contribution in [3.8, 4) is 34.7 Å². The van der Waals surface area contributed by atoms with Crippen molar-refractivity contribution in [2.75, 3.05) is 24.2 Å². The highest BCUT2D eigenvalue weighted by molar-refractivity contribution is 7.92. The SMILES string of the molecule is CCOc1cccc(-c2nc(N)ncc2C#Cc2c(F)ccc(NS(=O)(=O)c3cc(Cl)cnc3OC)c2F)c1. The minimum absolute atomic E-state index is 0.00984. The van der Waals surface area contributed by atoms with Gasteiger partial charge in [0, 0.05) is 18.0 Å². The van der Waals surface area contributed by atoms with Crippen molar-refractivity contribution in [3.05, 3.63) is 82.6 Å². The van der Waals surface area contributed by atoms with Crippen molar-refractivity contribution < 1.29 is 26.7 Å². The number of benzene rings is 2. The minimum atomic E-state index is -4.43. The summed E-state index contributed by atoms with van der Waals surface area (Å²) in [6.07, 6.45) is 2.51. The van der Waals surface area contributed by atoms with E-state index >= 15 is 4.39 Å². The van der Waals surface area contributed by atoms with Crippen molar-refractivity contribution in [3.63, 3.8) is 0 Å². The van der Waals surface area contributed by atoms with Gasteiger partial charge in [-0.15, -0.1) is 0 Å². The summed E-state index contributed by atoms with van der Waals surface area (Å²) in [5.41, 5.74) is 5.65. The molecule has 2 aromatic carbocycles. The molecule has 39 heavy (non-hydrogen) atoms. The van der Waals surface area contributed by atoms with Gasteiger partial charge < -0.3 is 15.2 Å². The Kier molecular flexibility index (Phi) is 8.13. The molecular formula is C26H20ClF2N5O4S. The molecule has 2 aromatic heterocycles. The molecule has 0 amide bonds. The molecule has 0 atom stereocenters. The summed E-state index contributed by atoms with van der Waals surface area (Å²) >= 11 is 5.87. The van der Waals surface area contributed by atoms with Crippen LogP contribution in [0.25, 0.3) is 11.3 Å². The van der Waals surface area contributed by atoms with Gasteiger partial charge in [-0.25, -0.2) is 32.2 Å². The van der Waals surface area contributed by atoms with Crippen LogP contribution in [0.1, 0.15) is 18.1 Å². The molecule has 200 valence electrons. The predicted octanol–water partition coefficient (Wildman–Crippen LogP) is 4.66. The zero-order valence-electron chi connectivity index (χ0n) is 20.5. The molecule has 0 saturated carbocycles. The fourth-order valence-electron chi connectivity index (χ4n) is 3.44. The van der Waals surface area contributed by atoms with E-state index < -0.39 is 37.8 Å². The van der Waals surface area contributed by atoms with Crippen LogP contribution in [0, 0.1) is 23.5 Å². The third-order valence-corrected chi connectivity index (χ3v) is 6.72. The number of methoxy groups -OCH3 is 1. The van der Waals surface area contributed by atoms with Crippen molar-refractivity contribution in [2.45, 2.75) is 11.8 Å². The molecule has 0 spiro atoms. The molecule has 0 fully saturated rings. The Labute approximate surface area is 228 Å². The van der Waals surface area contributed by atoms with Crippen LogP contribution in [-0.4, -0.2) is 37.1 Å². The number of nitrogens with two attached hydrogens (primary N) is 1. The number of nitrogens with zero attached hydrogens (tertiary/aromatic N) is 3. The van der Waals surface area contributed by atoms with Crippen LogP contribution < -0.4 is 19.9 Å². The molecule has 2 heterocycles. The van der Waals surface area contributed by atoms with Crippen molar-refractivity contribution in [1.82, 2.24) is 15.0 Å². The average Bonchev–Trinajstić information content (AvgIpc) is 2.91. The summed E-state index contributed by atoms with van der Waals surface area (Å²) in [5, 5.41) is 0.00984. The van der Waals surface area contributed by atoms with E-state index in [0.717, 1.165) is 18.2 Å². The lowest BCUT2D eigenvalue weighted by molar-refractivity contribution is 0.340. The second-order valence-corrected chi connectivity index (χ2v) is 9.84. The van der Waals surface area contributed by atoms with E-state index in [1.807, 2.05) is 6.92 Å². The number of pyridine rings is 1. The third-order valence-electron chi connectivity index (χ3n) is 5.15. The molecule has 3 N–H and O–H groups in total. The highest BCUT2D eigenvalue weighted by atomic mass is 35.5. The van der Waals surface area contributed by atoms with Gasteiger partial charge >= 0.3 is 0 Å². The molecule has 4 aromatic rings. The summed E-state index contributed by atoms with van der Waals surface area (Å²) in [6.45, 7) is 2.28. The van der Waals surface area contributed by atoms with Gasteiger partial charge in [-0.2, -0.15) is 0 Å². The normalized spacial score (nSPS) is 10.9. The van der Waals surface area contributed by atoms with Gasteiger partial charge in [0.15, 0.2) is 10.7 Å². The van der Waals surface area contributed by atoms with Crippen LogP contribution in [-0.2, 0) is 10.0 Å². The Balaban J connectivity index is 1.74. The lowest BCUT2D eigenvalue weighted by Gasteiger charge is -2.12. The Morgan fingerprint density at radius 2 is 1.90 bits per heavy atom. The number of sulfonamides is 1. The third kappa shape index (κ3) is 6.17. The number of hydrogen-bond acceptors (Lipinski definition) is 8. The zero-order chi connectivity index (χ0) is 28.2. The molecule has 13 heteroatoms. The van der Waals surface area contributed by atoms with Crippen molar-refractivity contribution >= 4 is 33.3 Å². The van der Waals surface area contributed by atoms with Gasteiger partial charge in [-0.1, -0.05) is 35.6 Å². The van der Waals surface area contributed by atoms with Crippen molar-refractivity contribution in [2.24, 2.45) is 0 Å². The summed E-state index contributed by atoms with van der Waals surface area (Å²) in [4.78, 5) is 11.5. The number of halogens is 3. The quantitative estimate of drug-likeness (QED) is 0.306. The van der Waals surface area contributed by atoms with E-state index in [1.54, 1.807) is 24.3 Å². The maximum Gasteiger partial charge on any atom is 0.267 e. The summed E-state index contributed by atoms with van der Waals surface area (Å²) in [7, 11) is -3.22. The second kappa shape index (κ2) is 11.5. The topological polar surface area (TPSA) is 129 Å². The molecule has 0 bridgehead atoms. The number of aromatic nitrogens is 3. The Hall–Kier alpha value is -4.47. The van der Waals surface area contributed by atoms with Crippen LogP contribution in [0.4, 0.5) is 20.4 Å². The van der Waals surface area contributed by atoms with E-state index in [2.05, 4.69) is 31.5 Å². The van der Waals surface area contributed by atoms with Crippen LogP contribution in [0.2, 0.25) is 5.02 Å². The molecule has 0 aliphatic rings. The predicted molar refractivity (Wildman–Crippen MR) is 142 cm³/mol.